The highest BCUT2D eigenvalue weighted by molar-refractivity contribution is 6.23. The van der Waals surface area contributed by atoms with Crippen LogP contribution in [0.2, 0.25) is 0 Å². The van der Waals surface area contributed by atoms with Crippen molar-refractivity contribution >= 4 is 17.3 Å². The van der Waals surface area contributed by atoms with Crippen LogP contribution in [0.3, 0.4) is 0 Å². The van der Waals surface area contributed by atoms with E-state index >= 15 is 0 Å². The highest BCUT2D eigenvalue weighted by Gasteiger charge is 2.21. The van der Waals surface area contributed by atoms with E-state index in [0.29, 0.717) is 0 Å². The quantitative estimate of drug-likeness (QED) is 0.136. The lowest BCUT2D eigenvalue weighted by Gasteiger charge is -2.18. The largest absolute Gasteiger partial charge is 0.305 e. The average Bonchev–Trinajstić information content (AvgIpc) is 2.75. The highest BCUT2D eigenvalue weighted by atomic mass is 35.5. The first kappa shape index (κ1) is 28.8. The fraction of sp³-hybridized carbons (Fsp3) is 0.536. The summed E-state index contributed by atoms with van der Waals surface area (Å²) >= 11 is 6.33. The van der Waals surface area contributed by atoms with Crippen LogP contribution in [0.1, 0.15) is 79.4 Å². The smallest absolute Gasteiger partial charge is 0.152 e. The molecule has 182 valence electrons. The second-order valence-corrected chi connectivity index (χ2v) is 11.5. The van der Waals surface area contributed by atoms with E-state index in [1.165, 1.54) is 11.1 Å². The maximum Gasteiger partial charge on any atom is 0.152 e. The molecule has 0 aliphatic carbocycles. The van der Waals surface area contributed by atoms with Gasteiger partial charge in [-0.3, -0.25) is 0 Å². The molecule has 0 saturated heterocycles. The van der Waals surface area contributed by atoms with Crippen LogP contribution in [0.4, 0.5) is 0 Å². The molecule has 2 aromatic carbocycles. The third kappa shape index (κ3) is 16.1. The van der Waals surface area contributed by atoms with Gasteiger partial charge in [-0.1, -0.05) is 72.3 Å². The Bertz CT molecular complexity index is 845. The normalized spacial score (nSPS) is 14.4. The summed E-state index contributed by atoms with van der Waals surface area (Å²) in [5, 5.41) is 12.8. The fourth-order valence-corrected chi connectivity index (χ4v) is 2.74. The van der Waals surface area contributed by atoms with Gasteiger partial charge in [0.1, 0.15) is 0 Å². The Morgan fingerprint density at radius 2 is 1.24 bits per heavy atom. The number of aryl methyl sites for hydroxylation is 2. The zero-order chi connectivity index (χ0) is 25.0. The van der Waals surface area contributed by atoms with Crippen LogP contribution < -0.4 is 5.43 Å². The predicted octanol–water partition coefficient (Wildman–Crippen LogP) is 8.21. The zero-order valence-electron chi connectivity index (χ0n) is 21.8. The number of nitrogens with zero attached hydrogens (tertiary/aromatic N) is 3. The summed E-state index contributed by atoms with van der Waals surface area (Å²) in [5.41, 5.74) is 6.83. The number of rotatable bonds is 8. The summed E-state index contributed by atoms with van der Waals surface area (Å²) in [4.78, 5) is -0.608. The number of nitrogens with one attached hydrogen (secondary N) is 1. The molecule has 2 rings (SSSR count). The Balaban J connectivity index is 0.000000331. The SMILES string of the molecule is CC(C)(C)N=NC(C)(Cl)CCc1ccccc1.CC(CCc1ccccc1)=NNC(C)(C)C. The molecule has 0 aromatic heterocycles. The number of benzene rings is 2. The van der Waals surface area contributed by atoms with Crippen molar-refractivity contribution in [1.82, 2.24) is 5.43 Å². The second-order valence-electron chi connectivity index (χ2n) is 10.7. The molecular formula is C28H43ClN4. The summed E-state index contributed by atoms with van der Waals surface area (Å²) in [6, 6.07) is 20.8. The molecule has 1 atom stereocenters. The third-order valence-corrected chi connectivity index (χ3v) is 4.74. The van der Waals surface area contributed by atoms with E-state index in [-0.39, 0.29) is 11.1 Å². The fourth-order valence-electron chi connectivity index (χ4n) is 2.61. The topological polar surface area (TPSA) is 49.1 Å². The lowest BCUT2D eigenvalue weighted by Crippen LogP contribution is -2.32. The summed E-state index contributed by atoms with van der Waals surface area (Å²) in [7, 11) is 0. The van der Waals surface area contributed by atoms with Gasteiger partial charge in [-0.15, -0.1) is 0 Å². The molecule has 1 N–H and O–H groups in total. The van der Waals surface area contributed by atoms with E-state index in [2.05, 4.69) is 84.8 Å². The van der Waals surface area contributed by atoms with Crippen LogP contribution in [-0.2, 0) is 12.8 Å². The minimum Gasteiger partial charge on any atom is -0.305 e. The number of azo groups is 1. The number of hydrogen-bond donors (Lipinski definition) is 1. The lowest BCUT2D eigenvalue weighted by atomic mass is 10.1. The van der Waals surface area contributed by atoms with Gasteiger partial charge in [-0.2, -0.15) is 15.3 Å². The predicted molar refractivity (Wildman–Crippen MR) is 144 cm³/mol. The summed E-state index contributed by atoms with van der Waals surface area (Å²) < 4.78 is 0. The molecule has 0 bridgehead atoms. The molecular weight excluding hydrogens is 428 g/mol. The second kappa shape index (κ2) is 13.5. The Labute approximate surface area is 206 Å². The maximum atomic E-state index is 6.33. The molecule has 0 fully saturated rings. The highest BCUT2D eigenvalue weighted by Crippen LogP contribution is 2.25. The number of hydrazone groups is 1. The Kier molecular flexibility index (Phi) is 11.8. The van der Waals surface area contributed by atoms with E-state index in [1.807, 2.05) is 52.0 Å². The summed E-state index contributed by atoms with van der Waals surface area (Å²) in [5.74, 6) is 0. The molecule has 1 unspecified atom stereocenters. The Morgan fingerprint density at radius 1 is 0.758 bits per heavy atom. The third-order valence-electron chi connectivity index (χ3n) is 4.47. The monoisotopic (exact) mass is 470 g/mol. The van der Waals surface area contributed by atoms with Gasteiger partial charge in [0.2, 0.25) is 0 Å². The molecule has 0 saturated carbocycles. The van der Waals surface area contributed by atoms with E-state index < -0.39 is 5.00 Å². The maximum absolute atomic E-state index is 6.33. The Morgan fingerprint density at radius 3 is 1.70 bits per heavy atom. The average molecular weight is 471 g/mol. The zero-order valence-corrected chi connectivity index (χ0v) is 22.6. The molecule has 33 heavy (non-hydrogen) atoms. The van der Waals surface area contributed by atoms with Crippen LogP contribution in [0.5, 0.6) is 0 Å². The van der Waals surface area contributed by atoms with Crippen LogP contribution in [0.15, 0.2) is 76.0 Å². The first-order valence-electron chi connectivity index (χ1n) is 11.8. The molecule has 0 aliphatic rings. The van der Waals surface area contributed by atoms with Gasteiger partial charge in [0.15, 0.2) is 5.00 Å². The van der Waals surface area contributed by atoms with E-state index in [0.717, 1.165) is 31.4 Å². The van der Waals surface area contributed by atoms with Crippen molar-refractivity contribution in [1.29, 1.82) is 0 Å². The molecule has 0 spiro atoms. The number of halogens is 1. The van der Waals surface area contributed by atoms with Crippen molar-refractivity contribution in [2.24, 2.45) is 15.3 Å². The van der Waals surface area contributed by atoms with Crippen molar-refractivity contribution in [3.63, 3.8) is 0 Å². The van der Waals surface area contributed by atoms with Crippen LogP contribution in [-0.4, -0.2) is 21.8 Å². The van der Waals surface area contributed by atoms with E-state index in [9.17, 15) is 0 Å². The van der Waals surface area contributed by atoms with Gasteiger partial charge in [0, 0.05) is 11.3 Å². The van der Waals surface area contributed by atoms with E-state index in [4.69, 9.17) is 11.6 Å². The standard InChI is InChI=1S/C14H21ClN2.C14H22N2/c1-13(2,3)16-17-14(4,15)11-10-12-8-6-5-7-9-12;1-12(15-16-14(2,3)4)10-11-13-8-6-5-7-9-13/h5-9H,10-11H2,1-4H3;5-9,16H,10-11H2,1-4H3. The molecule has 0 amide bonds. The van der Waals surface area contributed by atoms with Gasteiger partial charge < -0.3 is 5.43 Å². The van der Waals surface area contributed by atoms with Gasteiger partial charge in [0.05, 0.1) is 5.54 Å². The van der Waals surface area contributed by atoms with Crippen molar-refractivity contribution in [3.8, 4) is 0 Å². The van der Waals surface area contributed by atoms with Crippen molar-refractivity contribution in [3.05, 3.63) is 71.8 Å². The summed E-state index contributed by atoms with van der Waals surface area (Å²) in [6.07, 6.45) is 3.78. The molecule has 0 aliphatic heterocycles. The van der Waals surface area contributed by atoms with Gasteiger partial charge in [-0.25, -0.2) is 0 Å². The van der Waals surface area contributed by atoms with Crippen molar-refractivity contribution in [2.75, 3.05) is 0 Å². The van der Waals surface area contributed by atoms with Gasteiger partial charge in [0.25, 0.3) is 0 Å². The lowest BCUT2D eigenvalue weighted by molar-refractivity contribution is 0.440. The summed E-state index contributed by atoms with van der Waals surface area (Å²) in [6.45, 7) is 16.4. The number of alkyl halides is 1. The minimum atomic E-state index is -0.608. The Hall–Kier alpha value is -2.20. The van der Waals surface area contributed by atoms with Crippen molar-refractivity contribution in [2.45, 2.75) is 97.1 Å². The van der Waals surface area contributed by atoms with Crippen LogP contribution in [0, 0.1) is 0 Å². The van der Waals surface area contributed by atoms with Gasteiger partial charge >= 0.3 is 0 Å². The number of hydrogen-bond acceptors (Lipinski definition) is 4. The van der Waals surface area contributed by atoms with E-state index in [1.54, 1.807) is 0 Å². The van der Waals surface area contributed by atoms with Crippen LogP contribution >= 0.6 is 11.6 Å². The molecule has 4 nitrogen and oxygen atoms in total. The van der Waals surface area contributed by atoms with Crippen molar-refractivity contribution < 1.29 is 0 Å². The minimum absolute atomic E-state index is 0.0496. The molecule has 0 heterocycles. The van der Waals surface area contributed by atoms with Gasteiger partial charge in [-0.05, 0) is 92.2 Å². The first-order chi connectivity index (χ1) is 15.3. The molecule has 0 radical (unpaired) electrons. The van der Waals surface area contributed by atoms with Crippen LogP contribution in [0.25, 0.3) is 0 Å². The first-order valence-corrected chi connectivity index (χ1v) is 12.1. The molecule has 5 heteroatoms. The molecule has 2 aromatic rings.